The van der Waals surface area contributed by atoms with E-state index >= 15 is 0 Å². The molecule has 0 N–H and O–H groups in total. The van der Waals surface area contributed by atoms with Crippen LogP contribution < -0.4 is 4.90 Å². The highest BCUT2D eigenvalue weighted by Crippen LogP contribution is 2.20. The smallest absolute Gasteiger partial charge is 0.318 e. The number of halogens is 1. The number of carbonyl (C=O) groups excluding carboxylic acids is 2. The Bertz CT molecular complexity index is 430. The van der Waals surface area contributed by atoms with Crippen molar-refractivity contribution in [2.75, 3.05) is 19.1 Å². The van der Waals surface area contributed by atoms with E-state index in [9.17, 15) is 9.59 Å². The maximum absolute atomic E-state index is 12.2. The number of hydrogen-bond acceptors (Lipinski definition) is 3. The molecule has 1 amide bonds. The van der Waals surface area contributed by atoms with Crippen molar-refractivity contribution in [3.8, 4) is 0 Å². The van der Waals surface area contributed by atoms with E-state index in [1.54, 1.807) is 14.0 Å². The summed E-state index contributed by atoms with van der Waals surface area (Å²) in [4.78, 5) is 25.1. The van der Waals surface area contributed by atoms with Crippen molar-refractivity contribution in [3.05, 3.63) is 28.7 Å². The van der Waals surface area contributed by atoms with Crippen LogP contribution in [0.2, 0.25) is 0 Å². The minimum atomic E-state index is -0.747. The summed E-state index contributed by atoms with van der Waals surface area (Å²) >= 11 is 3.33. The molecule has 0 saturated heterocycles. The summed E-state index contributed by atoms with van der Waals surface area (Å²) in [5.41, 5.74) is 0.741. The molecule has 0 heterocycles. The number of hydrogen-bond donors (Lipinski definition) is 0. The Morgan fingerprint density at radius 3 is 2.33 bits per heavy atom. The summed E-state index contributed by atoms with van der Waals surface area (Å²) < 4.78 is 5.57. The first-order valence-corrected chi connectivity index (χ1v) is 6.41. The zero-order valence-electron chi connectivity index (χ0n) is 10.6. The number of rotatable bonds is 4. The Labute approximate surface area is 115 Å². The number of methoxy groups -OCH3 is 1. The number of benzene rings is 1. The summed E-state index contributed by atoms with van der Waals surface area (Å²) in [5, 5.41) is 0. The lowest BCUT2D eigenvalue weighted by molar-refractivity contribution is -0.149. The third-order valence-electron chi connectivity index (χ3n) is 2.74. The van der Waals surface area contributed by atoms with E-state index in [2.05, 4.69) is 20.7 Å². The van der Waals surface area contributed by atoms with E-state index in [1.165, 1.54) is 12.0 Å². The first kappa shape index (κ1) is 14.7. The van der Waals surface area contributed by atoms with Gasteiger partial charge in [0.1, 0.15) is 5.92 Å². The van der Waals surface area contributed by atoms with Gasteiger partial charge in [-0.25, -0.2) is 0 Å². The lowest BCUT2D eigenvalue weighted by atomic mass is 10.1. The number of nitrogens with zero attached hydrogens (tertiary/aromatic N) is 1. The summed E-state index contributed by atoms with van der Waals surface area (Å²) in [7, 11) is 2.94. The second-order valence-electron chi connectivity index (χ2n) is 3.86. The van der Waals surface area contributed by atoms with Crippen LogP contribution in [0.25, 0.3) is 0 Å². The van der Waals surface area contributed by atoms with Crippen LogP contribution in [0.5, 0.6) is 0 Å². The van der Waals surface area contributed by atoms with Gasteiger partial charge in [0.2, 0.25) is 5.91 Å². The van der Waals surface area contributed by atoms with Crippen LogP contribution in [0.1, 0.15) is 13.3 Å². The quantitative estimate of drug-likeness (QED) is 0.634. The highest BCUT2D eigenvalue weighted by atomic mass is 79.9. The third kappa shape index (κ3) is 3.32. The average Bonchev–Trinajstić information content (AvgIpc) is 2.39. The predicted molar refractivity (Wildman–Crippen MR) is 73.3 cm³/mol. The second kappa shape index (κ2) is 6.54. The molecular formula is C13H16BrNO3. The van der Waals surface area contributed by atoms with Gasteiger partial charge < -0.3 is 9.64 Å². The molecule has 0 radical (unpaired) electrons. The lowest BCUT2D eigenvalue weighted by Crippen LogP contribution is -2.37. The lowest BCUT2D eigenvalue weighted by Gasteiger charge is -2.21. The molecule has 0 spiro atoms. The van der Waals surface area contributed by atoms with Gasteiger partial charge in [-0.15, -0.1) is 0 Å². The Hall–Kier alpha value is -1.36. The predicted octanol–water partition coefficient (Wildman–Crippen LogP) is 2.61. The molecule has 4 nitrogen and oxygen atoms in total. The first-order valence-electron chi connectivity index (χ1n) is 5.62. The molecule has 1 aromatic carbocycles. The number of amides is 1. The van der Waals surface area contributed by atoms with Crippen LogP contribution in [0.15, 0.2) is 28.7 Å². The highest BCUT2D eigenvalue weighted by molar-refractivity contribution is 9.10. The largest absolute Gasteiger partial charge is 0.468 e. The average molecular weight is 314 g/mol. The molecule has 0 aliphatic rings. The van der Waals surface area contributed by atoms with E-state index in [0.717, 1.165) is 10.2 Å². The van der Waals surface area contributed by atoms with Crippen LogP contribution in [0.3, 0.4) is 0 Å². The van der Waals surface area contributed by atoms with Crippen LogP contribution in [0, 0.1) is 5.92 Å². The van der Waals surface area contributed by atoms with Crippen molar-refractivity contribution in [3.63, 3.8) is 0 Å². The minimum Gasteiger partial charge on any atom is -0.468 e. The normalized spacial score (nSPS) is 11.8. The summed E-state index contributed by atoms with van der Waals surface area (Å²) in [6, 6.07) is 7.31. The third-order valence-corrected chi connectivity index (χ3v) is 3.27. The Morgan fingerprint density at radius 2 is 1.89 bits per heavy atom. The van der Waals surface area contributed by atoms with E-state index < -0.39 is 11.9 Å². The zero-order valence-corrected chi connectivity index (χ0v) is 12.2. The Morgan fingerprint density at radius 1 is 1.33 bits per heavy atom. The van der Waals surface area contributed by atoms with E-state index in [-0.39, 0.29) is 5.91 Å². The number of carbonyl (C=O) groups is 2. The molecule has 0 saturated carbocycles. The SMILES string of the molecule is CCC(C(=O)OC)C(=O)N(C)c1ccc(Br)cc1. The van der Waals surface area contributed by atoms with Gasteiger partial charge in [0.15, 0.2) is 0 Å². The summed E-state index contributed by atoms with van der Waals surface area (Å²) in [5.74, 6) is -1.50. The van der Waals surface area contributed by atoms with Gasteiger partial charge >= 0.3 is 5.97 Å². The van der Waals surface area contributed by atoms with Gasteiger partial charge in [-0.1, -0.05) is 22.9 Å². The Balaban J connectivity index is 2.88. The van der Waals surface area contributed by atoms with Gasteiger partial charge in [0.25, 0.3) is 0 Å². The van der Waals surface area contributed by atoms with Crippen molar-refractivity contribution in [1.29, 1.82) is 0 Å². The maximum Gasteiger partial charge on any atom is 0.318 e. The molecule has 0 aliphatic carbocycles. The second-order valence-corrected chi connectivity index (χ2v) is 4.77. The van der Waals surface area contributed by atoms with Crippen LogP contribution >= 0.6 is 15.9 Å². The first-order chi connectivity index (χ1) is 8.51. The molecule has 0 aliphatic heterocycles. The van der Waals surface area contributed by atoms with Gasteiger partial charge in [-0.05, 0) is 30.7 Å². The van der Waals surface area contributed by atoms with Crippen molar-refractivity contribution in [2.24, 2.45) is 5.92 Å². The van der Waals surface area contributed by atoms with Gasteiger partial charge in [0, 0.05) is 17.2 Å². The summed E-state index contributed by atoms with van der Waals surface area (Å²) in [6.45, 7) is 1.79. The molecule has 98 valence electrons. The van der Waals surface area contributed by atoms with Crippen molar-refractivity contribution >= 4 is 33.5 Å². The molecule has 0 bridgehead atoms. The molecule has 1 unspecified atom stereocenters. The van der Waals surface area contributed by atoms with Crippen LogP contribution in [-0.4, -0.2) is 26.0 Å². The molecular weight excluding hydrogens is 298 g/mol. The fourth-order valence-electron chi connectivity index (χ4n) is 1.61. The molecule has 1 rings (SSSR count). The van der Waals surface area contributed by atoms with Gasteiger partial charge in [-0.2, -0.15) is 0 Å². The Kier molecular flexibility index (Phi) is 5.34. The van der Waals surface area contributed by atoms with Gasteiger partial charge in [0.05, 0.1) is 7.11 Å². The molecule has 5 heteroatoms. The molecule has 1 atom stereocenters. The maximum atomic E-state index is 12.2. The molecule has 0 aromatic heterocycles. The van der Waals surface area contributed by atoms with E-state index in [0.29, 0.717) is 6.42 Å². The van der Waals surface area contributed by atoms with E-state index in [1.807, 2.05) is 24.3 Å². The zero-order chi connectivity index (χ0) is 13.7. The number of ether oxygens (including phenoxy) is 1. The van der Waals surface area contributed by atoms with Crippen molar-refractivity contribution in [1.82, 2.24) is 0 Å². The van der Waals surface area contributed by atoms with Gasteiger partial charge in [-0.3, -0.25) is 9.59 Å². The van der Waals surface area contributed by atoms with Crippen molar-refractivity contribution < 1.29 is 14.3 Å². The van der Waals surface area contributed by atoms with Crippen LogP contribution in [-0.2, 0) is 14.3 Å². The molecule has 1 aromatic rings. The summed E-state index contributed by atoms with van der Waals surface area (Å²) in [6.07, 6.45) is 0.423. The fraction of sp³-hybridized carbons (Fsp3) is 0.385. The number of anilines is 1. The monoisotopic (exact) mass is 313 g/mol. The number of esters is 1. The molecule has 0 fully saturated rings. The van der Waals surface area contributed by atoms with E-state index in [4.69, 9.17) is 0 Å². The van der Waals surface area contributed by atoms with Crippen molar-refractivity contribution in [2.45, 2.75) is 13.3 Å². The fourth-order valence-corrected chi connectivity index (χ4v) is 1.87. The standard InChI is InChI=1S/C13H16BrNO3/c1-4-11(13(17)18-3)12(16)15(2)10-7-5-9(14)6-8-10/h5-8,11H,4H2,1-3H3. The van der Waals surface area contributed by atoms with Crippen LogP contribution in [0.4, 0.5) is 5.69 Å². The molecule has 18 heavy (non-hydrogen) atoms. The highest BCUT2D eigenvalue weighted by Gasteiger charge is 2.28. The topological polar surface area (TPSA) is 46.6 Å². The minimum absolute atomic E-state index is 0.258.